The zero-order valence-corrected chi connectivity index (χ0v) is 14.3. The molecular weight excluding hydrogens is 308 g/mol. The fourth-order valence-electron chi connectivity index (χ4n) is 3.47. The maximum absolute atomic E-state index is 12.5. The summed E-state index contributed by atoms with van der Waals surface area (Å²) in [5, 5.41) is 6.95. The van der Waals surface area contributed by atoms with Crippen LogP contribution in [0.2, 0.25) is 0 Å². The molecule has 2 heterocycles. The van der Waals surface area contributed by atoms with E-state index in [2.05, 4.69) is 10.5 Å². The van der Waals surface area contributed by atoms with Gasteiger partial charge in [-0.05, 0) is 26.2 Å². The van der Waals surface area contributed by atoms with Crippen molar-refractivity contribution in [3.05, 3.63) is 17.5 Å². The molecule has 3 amide bonds. The van der Waals surface area contributed by atoms with Crippen molar-refractivity contribution < 1.29 is 14.1 Å². The highest BCUT2D eigenvalue weighted by Gasteiger charge is 2.25. The summed E-state index contributed by atoms with van der Waals surface area (Å²) in [6.07, 6.45) is 6.61. The van der Waals surface area contributed by atoms with Gasteiger partial charge in [0.15, 0.2) is 5.69 Å². The average molecular weight is 334 g/mol. The third kappa shape index (κ3) is 4.07. The first-order valence-electron chi connectivity index (χ1n) is 8.91. The van der Waals surface area contributed by atoms with Crippen LogP contribution in [-0.4, -0.2) is 59.1 Å². The summed E-state index contributed by atoms with van der Waals surface area (Å²) in [4.78, 5) is 28.5. The lowest BCUT2D eigenvalue weighted by atomic mass is 9.96. The van der Waals surface area contributed by atoms with Crippen LogP contribution in [0.5, 0.6) is 0 Å². The highest BCUT2D eigenvalue weighted by atomic mass is 16.5. The summed E-state index contributed by atoms with van der Waals surface area (Å²) in [5.41, 5.74) is 0.340. The fourth-order valence-corrected chi connectivity index (χ4v) is 3.47. The Hall–Kier alpha value is -2.05. The van der Waals surface area contributed by atoms with Crippen LogP contribution in [-0.2, 0) is 0 Å². The molecular formula is C17H26N4O3. The number of aromatic nitrogens is 1. The number of amides is 3. The zero-order valence-electron chi connectivity index (χ0n) is 14.3. The molecule has 7 heteroatoms. The van der Waals surface area contributed by atoms with E-state index in [-0.39, 0.29) is 11.9 Å². The summed E-state index contributed by atoms with van der Waals surface area (Å²) in [6.45, 7) is 4.17. The van der Waals surface area contributed by atoms with Crippen LogP contribution in [0.15, 0.2) is 10.6 Å². The summed E-state index contributed by atoms with van der Waals surface area (Å²) in [7, 11) is 0. The Morgan fingerprint density at radius 3 is 2.50 bits per heavy atom. The number of rotatable bonds is 2. The average Bonchev–Trinajstić information content (AvgIpc) is 2.87. The first-order chi connectivity index (χ1) is 11.6. The van der Waals surface area contributed by atoms with E-state index in [1.807, 2.05) is 4.90 Å². The van der Waals surface area contributed by atoms with E-state index in [4.69, 9.17) is 4.52 Å². The lowest BCUT2D eigenvalue weighted by molar-refractivity contribution is 0.0751. The smallest absolute Gasteiger partial charge is 0.317 e. The molecule has 0 aromatic carbocycles. The van der Waals surface area contributed by atoms with Crippen molar-refractivity contribution in [1.82, 2.24) is 20.3 Å². The Morgan fingerprint density at radius 1 is 1.08 bits per heavy atom. The maximum Gasteiger partial charge on any atom is 0.317 e. The molecule has 132 valence electrons. The van der Waals surface area contributed by atoms with E-state index >= 15 is 0 Å². The van der Waals surface area contributed by atoms with Gasteiger partial charge in [-0.1, -0.05) is 24.4 Å². The molecule has 0 bridgehead atoms. The van der Waals surface area contributed by atoms with Crippen LogP contribution in [0.3, 0.4) is 0 Å². The lowest BCUT2D eigenvalue weighted by Crippen LogP contribution is -2.47. The first-order valence-corrected chi connectivity index (χ1v) is 8.91. The van der Waals surface area contributed by atoms with Crippen molar-refractivity contribution in [2.24, 2.45) is 0 Å². The molecule has 3 rings (SSSR count). The van der Waals surface area contributed by atoms with Crippen molar-refractivity contribution in [3.8, 4) is 0 Å². The van der Waals surface area contributed by atoms with E-state index in [1.165, 1.54) is 19.3 Å². The number of carbonyl (C=O) groups excluding carboxylic acids is 2. The molecule has 1 saturated carbocycles. The molecule has 1 aliphatic carbocycles. The lowest BCUT2D eigenvalue weighted by Gasteiger charge is -2.27. The molecule has 2 aliphatic rings. The highest BCUT2D eigenvalue weighted by molar-refractivity contribution is 5.92. The van der Waals surface area contributed by atoms with E-state index in [0.29, 0.717) is 43.7 Å². The van der Waals surface area contributed by atoms with Crippen LogP contribution in [0.4, 0.5) is 4.79 Å². The van der Waals surface area contributed by atoms with Gasteiger partial charge in [0.1, 0.15) is 5.76 Å². The molecule has 1 saturated heterocycles. The van der Waals surface area contributed by atoms with Gasteiger partial charge < -0.3 is 19.6 Å². The van der Waals surface area contributed by atoms with Crippen LogP contribution in [0.25, 0.3) is 0 Å². The molecule has 1 N–H and O–H groups in total. The quantitative estimate of drug-likeness (QED) is 0.899. The number of nitrogens with one attached hydrogen (secondary N) is 1. The van der Waals surface area contributed by atoms with Crippen molar-refractivity contribution in [3.63, 3.8) is 0 Å². The minimum Gasteiger partial charge on any atom is -0.361 e. The molecule has 0 atom stereocenters. The van der Waals surface area contributed by atoms with Gasteiger partial charge >= 0.3 is 6.03 Å². The molecule has 24 heavy (non-hydrogen) atoms. The molecule has 1 aliphatic heterocycles. The molecule has 0 radical (unpaired) electrons. The first kappa shape index (κ1) is 16.8. The topological polar surface area (TPSA) is 78.7 Å². The number of aryl methyl sites for hydroxylation is 1. The number of carbonyl (C=O) groups is 2. The monoisotopic (exact) mass is 334 g/mol. The normalized spacial score (nSPS) is 19.9. The van der Waals surface area contributed by atoms with Crippen molar-refractivity contribution in [1.29, 1.82) is 0 Å². The third-order valence-electron chi connectivity index (χ3n) is 4.85. The molecule has 1 aromatic rings. The van der Waals surface area contributed by atoms with Gasteiger partial charge in [-0.25, -0.2) is 4.79 Å². The molecule has 0 unspecified atom stereocenters. The Balaban J connectivity index is 1.52. The number of urea groups is 1. The Labute approximate surface area is 142 Å². The van der Waals surface area contributed by atoms with E-state index in [9.17, 15) is 9.59 Å². The standard InChI is InChI=1S/C17H26N4O3/c1-13-12-15(19-24-13)16(22)20-8-5-9-21(11-10-20)17(23)18-14-6-3-2-4-7-14/h12,14H,2-11H2,1H3,(H,18,23). The van der Waals surface area contributed by atoms with E-state index < -0.39 is 0 Å². The molecule has 2 fully saturated rings. The minimum absolute atomic E-state index is 0.00785. The van der Waals surface area contributed by atoms with E-state index in [1.54, 1.807) is 17.9 Å². The van der Waals surface area contributed by atoms with Crippen molar-refractivity contribution >= 4 is 11.9 Å². The van der Waals surface area contributed by atoms with Gasteiger partial charge in [0, 0.05) is 38.3 Å². The van der Waals surface area contributed by atoms with Gasteiger partial charge in [0.05, 0.1) is 0 Å². The second-order valence-electron chi connectivity index (χ2n) is 6.74. The predicted molar refractivity (Wildman–Crippen MR) is 88.7 cm³/mol. The number of hydrogen-bond acceptors (Lipinski definition) is 4. The minimum atomic E-state index is -0.124. The second kappa shape index (κ2) is 7.68. The van der Waals surface area contributed by atoms with Crippen molar-refractivity contribution in [2.45, 2.75) is 51.5 Å². The largest absolute Gasteiger partial charge is 0.361 e. The summed E-state index contributed by atoms with van der Waals surface area (Å²) in [6, 6.07) is 1.97. The highest BCUT2D eigenvalue weighted by Crippen LogP contribution is 2.18. The zero-order chi connectivity index (χ0) is 16.9. The second-order valence-corrected chi connectivity index (χ2v) is 6.74. The SMILES string of the molecule is Cc1cc(C(=O)N2CCCN(C(=O)NC3CCCCC3)CC2)no1. The molecule has 0 spiro atoms. The maximum atomic E-state index is 12.5. The van der Waals surface area contributed by atoms with Gasteiger partial charge in [-0.3, -0.25) is 4.79 Å². The van der Waals surface area contributed by atoms with E-state index in [0.717, 1.165) is 19.3 Å². The third-order valence-corrected chi connectivity index (χ3v) is 4.85. The van der Waals surface area contributed by atoms with Gasteiger partial charge in [0.25, 0.3) is 5.91 Å². The van der Waals surface area contributed by atoms with Crippen LogP contribution in [0, 0.1) is 6.92 Å². The van der Waals surface area contributed by atoms with Crippen molar-refractivity contribution in [2.75, 3.05) is 26.2 Å². The van der Waals surface area contributed by atoms with Crippen LogP contribution in [0.1, 0.15) is 54.8 Å². The van der Waals surface area contributed by atoms with Gasteiger partial charge in [-0.15, -0.1) is 0 Å². The summed E-state index contributed by atoms with van der Waals surface area (Å²) < 4.78 is 4.98. The van der Waals surface area contributed by atoms with Gasteiger partial charge in [0.2, 0.25) is 0 Å². The van der Waals surface area contributed by atoms with Crippen LogP contribution < -0.4 is 5.32 Å². The summed E-state index contributed by atoms with van der Waals surface area (Å²) >= 11 is 0. The van der Waals surface area contributed by atoms with Crippen LogP contribution >= 0.6 is 0 Å². The fraction of sp³-hybridized carbons (Fsp3) is 0.706. The van der Waals surface area contributed by atoms with Gasteiger partial charge in [-0.2, -0.15) is 0 Å². The number of nitrogens with zero attached hydrogens (tertiary/aromatic N) is 3. The Bertz CT molecular complexity index is 580. The summed E-state index contributed by atoms with van der Waals surface area (Å²) in [5.74, 6) is 0.503. The predicted octanol–water partition coefficient (Wildman–Crippen LogP) is 2.17. The molecule has 7 nitrogen and oxygen atoms in total. The Morgan fingerprint density at radius 2 is 1.79 bits per heavy atom. The Kier molecular flexibility index (Phi) is 5.37. The number of hydrogen-bond donors (Lipinski definition) is 1. The molecule has 1 aromatic heterocycles.